The zero-order valence-corrected chi connectivity index (χ0v) is 14.3. The monoisotopic (exact) mass is 309 g/mol. The van der Waals surface area contributed by atoms with Crippen LogP contribution in [0.2, 0.25) is 0 Å². The molecular formula is C15H23N3O2S. The molecule has 6 heteroatoms. The van der Waals surface area contributed by atoms with Gasteiger partial charge in [-0.15, -0.1) is 0 Å². The number of anilines is 1. The standard InChI is InChI=1S/C13H17N3O2S.C2H6/c1-10-12(11-8-6-5-7-9-11)13(15(2)14-10)16(3)19(4,17)18;1-2/h5-9H,1-4H3;1-2H3. The quantitative estimate of drug-likeness (QED) is 0.876. The highest BCUT2D eigenvalue weighted by Crippen LogP contribution is 2.33. The van der Waals surface area contributed by atoms with Crippen molar-refractivity contribution in [3.63, 3.8) is 0 Å². The number of aromatic nitrogens is 2. The van der Waals surface area contributed by atoms with Gasteiger partial charge in [0.25, 0.3) is 0 Å². The topological polar surface area (TPSA) is 55.2 Å². The molecule has 0 amide bonds. The summed E-state index contributed by atoms with van der Waals surface area (Å²) in [6.45, 7) is 5.88. The summed E-state index contributed by atoms with van der Waals surface area (Å²) in [5, 5.41) is 4.33. The summed E-state index contributed by atoms with van der Waals surface area (Å²) in [5.41, 5.74) is 2.61. The Balaban J connectivity index is 0.00000106. The van der Waals surface area contributed by atoms with E-state index >= 15 is 0 Å². The van der Waals surface area contributed by atoms with Crippen LogP contribution in [0.3, 0.4) is 0 Å². The highest BCUT2D eigenvalue weighted by atomic mass is 32.2. The highest BCUT2D eigenvalue weighted by Gasteiger charge is 2.23. The predicted octanol–water partition coefficient (Wildman–Crippen LogP) is 2.82. The minimum absolute atomic E-state index is 0.575. The zero-order valence-electron chi connectivity index (χ0n) is 13.5. The van der Waals surface area contributed by atoms with Crippen molar-refractivity contribution in [3.05, 3.63) is 36.0 Å². The lowest BCUT2D eigenvalue weighted by atomic mass is 10.1. The SMILES string of the molecule is CC.Cc1nn(C)c(N(C)S(C)(=O)=O)c1-c1ccccc1. The fraction of sp³-hybridized carbons (Fsp3) is 0.400. The third-order valence-corrected chi connectivity index (χ3v) is 4.22. The largest absolute Gasteiger partial charge is 0.257 e. The molecule has 21 heavy (non-hydrogen) atoms. The van der Waals surface area contributed by atoms with Gasteiger partial charge in [-0.3, -0.25) is 8.99 Å². The van der Waals surface area contributed by atoms with Crippen molar-refractivity contribution >= 4 is 15.8 Å². The van der Waals surface area contributed by atoms with Crippen LogP contribution in [0.25, 0.3) is 11.1 Å². The highest BCUT2D eigenvalue weighted by molar-refractivity contribution is 7.92. The van der Waals surface area contributed by atoms with Crippen LogP contribution in [0, 0.1) is 6.92 Å². The van der Waals surface area contributed by atoms with E-state index in [1.54, 1.807) is 11.7 Å². The summed E-state index contributed by atoms with van der Waals surface area (Å²) in [6, 6.07) is 9.67. The molecule has 116 valence electrons. The van der Waals surface area contributed by atoms with Crippen molar-refractivity contribution in [2.24, 2.45) is 7.05 Å². The Morgan fingerprint density at radius 1 is 1.14 bits per heavy atom. The maximum atomic E-state index is 11.8. The van der Waals surface area contributed by atoms with Crippen molar-refractivity contribution < 1.29 is 8.42 Å². The van der Waals surface area contributed by atoms with E-state index in [9.17, 15) is 8.42 Å². The molecule has 0 spiro atoms. The number of nitrogens with zero attached hydrogens (tertiary/aromatic N) is 3. The lowest BCUT2D eigenvalue weighted by Crippen LogP contribution is -2.27. The minimum atomic E-state index is -3.32. The van der Waals surface area contributed by atoms with Crippen LogP contribution < -0.4 is 4.31 Å². The number of hydrogen-bond donors (Lipinski definition) is 0. The lowest BCUT2D eigenvalue weighted by Gasteiger charge is -2.18. The first kappa shape index (κ1) is 17.2. The van der Waals surface area contributed by atoms with Crippen LogP contribution in [0.4, 0.5) is 5.82 Å². The van der Waals surface area contributed by atoms with E-state index in [1.165, 1.54) is 17.6 Å². The number of benzene rings is 1. The van der Waals surface area contributed by atoms with E-state index in [0.717, 1.165) is 16.8 Å². The van der Waals surface area contributed by atoms with E-state index in [1.807, 2.05) is 51.1 Å². The van der Waals surface area contributed by atoms with Gasteiger partial charge in [0, 0.05) is 19.7 Å². The van der Waals surface area contributed by atoms with Gasteiger partial charge in [0.2, 0.25) is 10.0 Å². The Morgan fingerprint density at radius 3 is 2.14 bits per heavy atom. The Kier molecular flexibility index (Phi) is 5.54. The molecule has 2 rings (SSSR count). The molecule has 5 nitrogen and oxygen atoms in total. The van der Waals surface area contributed by atoms with E-state index in [4.69, 9.17) is 0 Å². The van der Waals surface area contributed by atoms with Crippen molar-refractivity contribution in [3.8, 4) is 11.1 Å². The normalized spacial score (nSPS) is 10.8. The first-order valence-corrected chi connectivity index (χ1v) is 8.70. The molecule has 0 saturated carbocycles. The molecule has 0 aliphatic rings. The van der Waals surface area contributed by atoms with Crippen LogP contribution in [0.5, 0.6) is 0 Å². The Hall–Kier alpha value is -1.82. The molecular weight excluding hydrogens is 286 g/mol. The van der Waals surface area contributed by atoms with E-state index < -0.39 is 10.0 Å². The molecule has 2 aromatic rings. The van der Waals surface area contributed by atoms with Gasteiger partial charge in [-0.25, -0.2) is 8.42 Å². The van der Waals surface area contributed by atoms with Crippen molar-refractivity contribution in [1.29, 1.82) is 0 Å². The van der Waals surface area contributed by atoms with Crippen LogP contribution in [0.1, 0.15) is 19.5 Å². The third kappa shape index (κ3) is 3.64. The van der Waals surface area contributed by atoms with Crippen LogP contribution in [-0.2, 0) is 17.1 Å². The second-order valence-corrected chi connectivity index (χ2v) is 6.52. The first-order valence-electron chi connectivity index (χ1n) is 6.85. The van der Waals surface area contributed by atoms with Gasteiger partial charge in [0.1, 0.15) is 5.82 Å². The van der Waals surface area contributed by atoms with Crippen molar-refractivity contribution in [2.45, 2.75) is 20.8 Å². The molecule has 0 aliphatic carbocycles. The Morgan fingerprint density at radius 2 is 1.67 bits per heavy atom. The molecule has 1 heterocycles. The van der Waals surface area contributed by atoms with E-state index in [0.29, 0.717) is 5.82 Å². The van der Waals surface area contributed by atoms with Gasteiger partial charge >= 0.3 is 0 Å². The zero-order chi connectivity index (χ0) is 16.2. The predicted molar refractivity (Wildman–Crippen MR) is 88.0 cm³/mol. The minimum Gasteiger partial charge on any atom is -0.257 e. The second-order valence-electron chi connectivity index (χ2n) is 4.50. The van der Waals surface area contributed by atoms with Crippen molar-refractivity contribution in [1.82, 2.24) is 9.78 Å². The number of sulfonamides is 1. The fourth-order valence-electron chi connectivity index (χ4n) is 2.11. The van der Waals surface area contributed by atoms with Gasteiger partial charge in [-0.1, -0.05) is 44.2 Å². The molecule has 0 saturated heterocycles. The summed E-state index contributed by atoms with van der Waals surface area (Å²) < 4.78 is 26.4. The van der Waals surface area contributed by atoms with Crippen molar-refractivity contribution in [2.75, 3.05) is 17.6 Å². The molecule has 1 aromatic heterocycles. The molecule has 0 radical (unpaired) electrons. The number of hydrogen-bond acceptors (Lipinski definition) is 3. The lowest BCUT2D eigenvalue weighted by molar-refractivity contribution is 0.598. The Bertz CT molecular complexity index is 691. The van der Waals surface area contributed by atoms with Gasteiger partial charge in [-0.05, 0) is 12.5 Å². The average molecular weight is 309 g/mol. The second kappa shape index (κ2) is 6.76. The third-order valence-electron chi connectivity index (χ3n) is 3.05. The van der Waals surface area contributed by atoms with Gasteiger partial charge in [0.05, 0.1) is 11.9 Å². The average Bonchev–Trinajstić information content (AvgIpc) is 2.74. The summed E-state index contributed by atoms with van der Waals surface area (Å²) in [6.07, 6.45) is 1.18. The molecule has 1 aromatic carbocycles. The molecule has 0 N–H and O–H groups in total. The van der Waals surface area contributed by atoms with Crippen LogP contribution in [-0.4, -0.2) is 31.5 Å². The molecule has 0 atom stereocenters. The Labute approximate surface area is 127 Å². The van der Waals surface area contributed by atoms with Gasteiger partial charge < -0.3 is 0 Å². The van der Waals surface area contributed by atoms with Crippen LogP contribution in [0.15, 0.2) is 30.3 Å². The molecule has 0 bridgehead atoms. The van der Waals surface area contributed by atoms with Gasteiger partial charge in [0.15, 0.2) is 0 Å². The molecule has 0 fully saturated rings. The summed E-state index contributed by atoms with van der Waals surface area (Å²) in [5.74, 6) is 0.575. The number of aryl methyl sites for hydroxylation is 2. The van der Waals surface area contributed by atoms with Crippen LogP contribution >= 0.6 is 0 Å². The fourth-order valence-corrected chi connectivity index (χ4v) is 2.63. The maximum Gasteiger partial charge on any atom is 0.233 e. The molecule has 0 unspecified atom stereocenters. The first-order chi connectivity index (χ1) is 9.82. The summed E-state index contributed by atoms with van der Waals surface area (Å²) >= 11 is 0. The number of rotatable bonds is 3. The summed E-state index contributed by atoms with van der Waals surface area (Å²) in [7, 11) is -0.0367. The van der Waals surface area contributed by atoms with E-state index in [2.05, 4.69) is 5.10 Å². The maximum absolute atomic E-state index is 11.8. The van der Waals surface area contributed by atoms with Gasteiger partial charge in [-0.2, -0.15) is 5.10 Å². The smallest absolute Gasteiger partial charge is 0.233 e. The molecule has 0 aliphatic heterocycles. The summed E-state index contributed by atoms with van der Waals surface area (Å²) in [4.78, 5) is 0. The van der Waals surface area contributed by atoms with E-state index in [-0.39, 0.29) is 0 Å².